The van der Waals surface area contributed by atoms with Crippen molar-refractivity contribution < 1.29 is 9.90 Å². The minimum atomic E-state index is -0.759. The lowest BCUT2D eigenvalue weighted by molar-refractivity contribution is -0.145. The molecule has 0 saturated carbocycles. The topological polar surface area (TPSA) is 43.8 Å². The molecule has 2 atom stereocenters. The Morgan fingerprint density at radius 3 is 2.30 bits per heavy atom. The second kappa shape index (κ2) is 7.02. The van der Waals surface area contributed by atoms with Crippen LogP contribution in [0.2, 0.25) is 0 Å². The van der Waals surface area contributed by atoms with Gasteiger partial charge in [0.2, 0.25) is 0 Å². The number of aliphatic carboxylic acids is 1. The van der Waals surface area contributed by atoms with Crippen LogP contribution >= 0.6 is 0 Å². The lowest BCUT2D eigenvalue weighted by Gasteiger charge is -2.42. The molecule has 0 aromatic heterocycles. The Balaban J connectivity index is 2.24. The van der Waals surface area contributed by atoms with Gasteiger partial charge in [0.15, 0.2) is 0 Å². The van der Waals surface area contributed by atoms with Crippen LogP contribution in [0.25, 0.3) is 0 Å². The number of nitrogens with zero attached hydrogens (tertiary/aromatic N) is 2. The first-order valence-electron chi connectivity index (χ1n) is 8.55. The molecule has 1 N–H and O–H groups in total. The Morgan fingerprint density at radius 1 is 1.26 bits per heavy atom. The lowest BCUT2D eigenvalue weighted by Crippen LogP contribution is -2.54. The Kier molecular flexibility index (Phi) is 5.48. The van der Waals surface area contributed by atoms with Crippen LogP contribution in [0.5, 0.6) is 0 Å². The number of benzene rings is 1. The van der Waals surface area contributed by atoms with Crippen molar-refractivity contribution in [3.05, 3.63) is 35.4 Å². The van der Waals surface area contributed by atoms with Crippen molar-refractivity contribution in [1.82, 2.24) is 9.80 Å². The summed E-state index contributed by atoms with van der Waals surface area (Å²) in [5.74, 6) is -0.759. The van der Waals surface area contributed by atoms with Crippen LogP contribution in [-0.2, 0) is 10.2 Å². The van der Waals surface area contributed by atoms with Gasteiger partial charge in [-0.05, 0) is 30.0 Å². The van der Waals surface area contributed by atoms with Crippen molar-refractivity contribution in [2.45, 2.75) is 52.1 Å². The van der Waals surface area contributed by atoms with Crippen LogP contribution in [0.3, 0.4) is 0 Å². The maximum absolute atomic E-state index is 11.9. The summed E-state index contributed by atoms with van der Waals surface area (Å²) < 4.78 is 0. The van der Waals surface area contributed by atoms with Crippen LogP contribution in [0, 0.1) is 0 Å². The summed E-state index contributed by atoms with van der Waals surface area (Å²) in [6.07, 6.45) is 0. The SMILES string of the molecule is CCN1CCN(C(C(=O)O)c2ccc(C(C)(C)C)cc2)C(C)C1. The number of hydrogen-bond acceptors (Lipinski definition) is 3. The summed E-state index contributed by atoms with van der Waals surface area (Å²) in [6, 6.07) is 7.79. The second-order valence-corrected chi connectivity index (χ2v) is 7.59. The predicted molar refractivity (Wildman–Crippen MR) is 93.8 cm³/mol. The summed E-state index contributed by atoms with van der Waals surface area (Å²) in [6.45, 7) is 14.5. The molecular weight excluding hydrogens is 288 g/mol. The minimum absolute atomic E-state index is 0.0806. The monoisotopic (exact) mass is 318 g/mol. The molecule has 0 bridgehead atoms. The third kappa shape index (κ3) is 4.12. The summed E-state index contributed by atoms with van der Waals surface area (Å²) in [4.78, 5) is 16.4. The number of carbonyl (C=O) groups is 1. The Hall–Kier alpha value is -1.39. The van der Waals surface area contributed by atoms with E-state index in [1.807, 2.05) is 12.1 Å². The molecular formula is C19H30N2O2. The first kappa shape index (κ1) is 18.0. The van der Waals surface area contributed by atoms with Gasteiger partial charge in [-0.15, -0.1) is 0 Å². The van der Waals surface area contributed by atoms with E-state index in [0.29, 0.717) is 0 Å². The fourth-order valence-electron chi connectivity index (χ4n) is 3.36. The third-order valence-electron chi connectivity index (χ3n) is 4.87. The molecule has 1 aliphatic rings. The molecule has 1 fully saturated rings. The Morgan fingerprint density at radius 2 is 1.87 bits per heavy atom. The van der Waals surface area contributed by atoms with Crippen molar-refractivity contribution in [3.63, 3.8) is 0 Å². The van der Waals surface area contributed by atoms with E-state index < -0.39 is 12.0 Å². The van der Waals surface area contributed by atoms with Crippen molar-refractivity contribution >= 4 is 5.97 Å². The summed E-state index contributed by atoms with van der Waals surface area (Å²) in [5, 5.41) is 9.79. The van der Waals surface area contributed by atoms with Gasteiger partial charge in [0.25, 0.3) is 0 Å². The highest BCUT2D eigenvalue weighted by Crippen LogP contribution is 2.28. The molecule has 2 rings (SSSR count). The molecule has 0 radical (unpaired) electrons. The van der Waals surface area contributed by atoms with Gasteiger partial charge < -0.3 is 10.0 Å². The van der Waals surface area contributed by atoms with Crippen LogP contribution in [-0.4, -0.2) is 53.1 Å². The van der Waals surface area contributed by atoms with E-state index in [1.54, 1.807) is 0 Å². The van der Waals surface area contributed by atoms with E-state index in [2.05, 4.69) is 56.6 Å². The maximum Gasteiger partial charge on any atom is 0.325 e. The van der Waals surface area contributed by atoms with E-state index >= 15 is 0 Å². The first-order valence-corrected chi connectivity index (χ1v) is 8.55. The first-order chi connectivity index (χ1) is 10.7. The van der Waals surface area contributed by atoms with Gasteiger partial charge in [-0.25, -0.2) is 0 Å². The van der Waals surface area contributed by atoms with Gasteiger partial charge in [-0.2, -0.15) is 0 Å². The van der Waals surface area contributed by atoms with Crippen LogP contribution in [0.15, 0.2) is 24.3 Å². The number of likely N-dealkylation sites (N-methyl/N-ethyl adjacent to an activating group) is 1. The fourth-order valence-corrected chi connectivity index (χ4v) is 3.36. The zero-order valence-corrected chi connectivity index (χ0v) is 15.0. The molecule has 0 aliphatic carbocycles. The van der Waals surface area contributed by atoms with Gasteiger partial charge >= 0.3 is 5.97 Å². The van der Waals surface area contributed by atoms with Crippen LogP contribution in [0.4, 0.5) is 0 Å². The number of carboxylic acids is 1. The number of rotatable bonds is 4. The van der Waals surface area contributed by atoms with Crippen molar-refractivity contribution in [2.75, 3.05) is 26.2 Å². The summed E-state index contributed by atoms with van der Waals surface area (Å²) in [5.41, 5.74) is 2.19. The minimum Gasteiger partial charge on any atom is -0.480 e. The second-order valence-electron chi connectivity index (χ2n) is 7.59. The molecule has 1 saturated heterocycles. The van der Waals surface area contributed by atoms with Gasteiger partial charge in [0, 0.05) is 25.7 Å². The highest BCUT2D eigenvalue weighted by Gasteiger charge is 2.34. The number of hydrogen-bond donors (Lipinski definition) is 1. The predicted octanol–water partition coefficient (Wildman–Crippen LogP) is 3.14. The van der Waals surface area contributed by atoms with Gasteiger partial charge in [0.1, 0.15) is 6.04 Å². The highest BCUT2D eigenvalue weighted by atomic mass is 16.4. The zero-order valence-electron chi connectivity index (χ0n) is 15.0. The summed E-state index contributed by atoms with van der Waals surface area (Å²) in [7, 11) is 0. The zero-order chi connectivity index (χ0) is 17.2. The van der Waals surface area contributed by atoms with Crippen molar-refractivity contribution in [2.24, 2.45) is 0 Å². The molecule has 4 heteroatoms. The van der Waals surface area contributed by atoms with E-state index in [1.165, 1.54) is 5.56 Å². The average Bonchev–Trinajstić information content (AvgIpc) is 2.48. The van der Waals surface area contributed by atoms with Crippen LogP contribution in [0.1, 0.15) is 51.8 Å². The molecule has 4 nitrogen and oxygen atoms in total. The van der Waals surface area contributed by atoms with E-state index in [-0.39, 0.29) is 11.5 Å². The molecule has 23 heavy (non-hydrogen) atoms. The third-order valence-corrected chi connectivity index (χ3v) is 4.87. The quantitative estimate of drug-likeness (QED) is 0.926. The molecule has 1 aromatic rings. The van der Waals surface area contributed by atoms with E-state index in [9.17, 15) is 9.90 Å². The number of piperazine rings is 1. The Bertz CT molecular complexity index is 533. The largest absolute Gasteiger partial charge is 0.480 e. The summed E-state index contributed by atoms with van der Waals surface area (Å²) >= 11 is 0. The molecule has 0 amide bonds. The van der Waals surface area contributed by atoms with Crippen LogP contribution < -0.4 is 0 Å². The fraction of sp³-hybridized carbons (Fsp3) is 0.632. The van der Waals surface area contributed by atoms with E-state index in [4.69, 9.17) is 0 Å². The molecule has 2 unspecified atom stereocenters. The molecule has 128 valence electrons. The Labute approximate surface area is 140 Å². The van der Waals surface area contributed by atoms with E-state index in [0.717, 1.165) is 31.7 Å². The number of carboxylic acid groups (broad SMARTS) is 1. The van der Waals surface area contributed by atoms with Gasteiger partial charge in [0.05, 0.1) is 0 Å². The van der Waals surface area contributed by atoms with Crippen molar-refractivity contribution in [3.8, 4) is 0 Å². The molecule has 1 aromatic carbocycles. The van der Waals surface area contributed by atoms with Crippen molar-refractivity contribution in [1.29, 1.82) is 0 Å². The lowest BCUT2D eigenvalue weighted by atomic mass is 9.86. The van der Waals surface area contributed by atoms with Gasteiger partial charge in [-0.3, -0.25) is 9.69 Å². The smallest absolute Gasteiger partial charge is 0.325 e. The molecule has 1 aliphatic heterocycles. The normalized spacial score (nSPS) is 22.0. The average molecular weight is 318 g/mol. The molecule has 1 heterocycles. The molecule has 0 spiro atoms. The maximum atomic E-state index is 11.9. The highest BCUT2D eigenvalue weighted by molar-refractivity contribution is 5.75. The standard InChI is InChI=1S/C19H30N2O2/c1-6-20-11-12-21(14(2)13-20)17(18(22)23)15-7-9-16(10-8-15)19(3,4)5/h7-10,14,17H,6,11-13H2,1-5H3,(H,22,23). The van der Waals surface area contributed by atoms with Gasteiger partial charge in [-0.1, -0.05) is 52.0 Å².